The van der Waals surface area contributed by atoms with Gasteiger partial charge in [-0.3, -0.25) is 29.5 Å². The summed E-state index contributed by atoms with van der Waals surface area (Å²) in [6.07, 6.45) is 3.14. The van der Waals surface area contributed by atoms with Gasteiger partial charge in [-0.1, -0.05) is 60.5 Å². The van der Waals surface area contributed by atoms with E-state index in [9.17, 15) is 23.9 Å². The quantitative estimate of drug-likeness (QED) is 0.157. The molecule has 3 fully saturated rings. The van der Waals surface area contributed by atoms with E-state index in [0.717, 1.165) is 22.6 Å². The van der Waals surface area contributed by atoms with Gasteiger partial charge < -0.3 is 9.84 Å². The summed E-state index contributed by atoms with van der Waals surface area (Å²) in [4.78, 5) is 59.8. The Bertz CT molecular complexity index is 2150. The molecule has 52 heavy (non-hydrogen) atoms. The fourth-order valence-electron chi connectivity index (χ4n) is 9.04. The Hall–Kier alpha value is -5.48. The van der Waals surface area contributed by atoms with Gasteiger partial charge in [0.15, 0.2) is 11.5 Å². The number of aryl methyl sites for hydroxylation is 1. The van der Waals surface area contributed by atoms with Crippen molar-refractivity contribution in [1.82, 2.24) is 5.01 Å². The highest BCUT2D eigenvalue weighted by Gasteiger charge is 2.70. The van der Waals surface area contributed by atoms with Crippen LogP contribution in [0.3, 0.4) is 0 Å². The standard InChI is InChI=1S/C41H35ClFN3O6/c1-3-22-4-15-28(16-5-22)45-37(48)30-18-17-29-31(35(30)39(45)50)21-32-38(49)46(44-27-13-11-26(43)12-14-27)40(51)41(32,24-7-9-25(42)10-8-24)36(29)23-6-19-33(47)34(20-23)52-2/h4-17,19-20,30-32,35-36,44,47H,3,18,21H2,1-2H3. The van der Waals surface area contributed by atoms with Crippen LogP contribution in [0, 0.1) is 29.5 Å². The Morgan fingerprint density at radius 2 is 1.62 bits per heavy atom. The van der Waals surface area contributed by atoms with E-state index in [1.807, 2.05) is 25.1 Å². The Labute approximate surface area is 304 Å². The van der Waals surface area contributed by atoms with Gasteiger partial charge >= 0.3 is 0 Å². The van der Waals surface area contributed by atoms with Gasteiger partial charge in [0.2, 0.25) is 11.8 Å². The molecule has 2 saturated heterocycles. The largest absolute Gasteiger partial charge is 0.504 e. The maximum absolute atomic E-state index is 15.2. The number of amides is 4. The number of carbonyl (C=O) groups is 4. The van der Waals surface area contributed by atoms with Gasteiger partial charge in [0, 0.05) is 10.9 Å². The fraction of sp³-hybridized carbons (Fsp3) is 0.268. The van der Waals surface area contributed by atoms with E-state index in [-0.39, 0.29) is 36.2 Å². The molecule has 4 aromatic carbocycles. The molecule has 0 spiro atoms. The number of allylic oxidation sites excluding steroid dienone is 2. The molecule has 2 heterocycles. The monoisotopic (exact) mass is 719 g/mol. The Morgan fingerprint density at radius 1 is 0.904 bits per heavy atom. The number of nitrogens with zero attached hydrogens (tertiary/aromatic N) is 2. The average Bonchev–Trinajstić information content (AvgIpc) is 3.53. The number of rotatable bonds is 7. The highest BCUT2D eigenvalue weighted by atomic mass is 35.5. The lowest BCUT2D eigenvalue weighted by atomic mass is 9.49. The minimum atomic E-state index is -1.55. The Kier molecular flexibility index (Phi) is 8.17. The van der Waals surface area contributed by atoms with Crippen LogP contribution in [0.2, 0.25) is 5.02 Å². The number of hydrogen-bond donors (Lipinski definition) is 2. The molecule has 2 aliphatic carbocycles. The van der Waals surface area contributed by atoms with Crippen molar-refractivity contribution in [2.45, 2.75) is 37.5 Å². The highest BCUT2D eigenvalue weighted by Crippen LogP contribution is 2.64. The first-order chi connectivity index (χ1) is 25.1. The minimum absolute atomic E-state index is 0.106. The number of halogens is 2. The van der Waals surface area contributed by atoms with Crippen molar-refractivity contribution in [2.24, 2.45) is 23.7 Å². The number of ether oxygens (including phenoxy) is 1. The normalized spacial score (nSPS) is 26.5. The number of hydrazine groups is 1. The summed E-state index contributed by atoms with van der Waals surface area (Å²) < 4.78 is 19.4. The van der Waals surface area contributed by atoms with Crippen molar-refractivity contribution >= 4 is 46.6 Å². The summed E-state index contributed by atoms with van der Waals surface area (Å²) in [5.74, 6) is -5.94. The third-order valence-electron chi connectivity index (χ3n) is 11.4. The molecule has 1 saturated carbocycles. The van der Waals surface area contributed by atoms with Crippen LogP contribution in [-0.2, 0) is 31.0 Å². The molecule has 264 valence electrons. The first kappa shape index (κ1) is 33.7. The number of nitrogens with one attached hydrogen (secondary N) is 1. The number of anilines is 2. The summed E-state index contributed by atoms with van der Waals surface area (Å²) in [5, 5.41) is 12.1. The third-order valence-corrected chi connectivity index (χ3v) is 11.6. The van der Waals surface area contributed by atoms with Gasteiger partial charge in [-0.15, -0.1) is 0 Å². The van der Waals surface area contributed by atoms with Crippen molar-refractivity contribution in [1.29, 1.82) is 0 Å². The molecule has 6 atom stereocenters. The number of aromatic hydroxyl groups is 1. The summed E-state index contributed by atoms with van der Waals surface area (Å²) in [6, 6.07) is 24.4. The van der Waals surface area contributed by atoms with Crippen LogP contribution >= 0.6 is 11.6 Å². The van der Waals surface area contributed by atoms with Gasteiger partial charge in [-0.2, -0.15) is 5.01 Å². The van der Waals surface area contributed by atoms with Gasteiger partial charge in [0.05, 0.1) is 41.7 Å². The first-order valence-corrected chi connectivity index (χ1v) is 17.7. The molecule has 0 aromatic heterocycles. The van der Waals surface area contributed by atoms with Gasteiger partial charge in [0.1, 0.15) is 5.82 Å². The predicted molar refractivity (Wildman–Crippen MR) is 192 cm³/mol. The molecule has 0 bridgehead atoms. The zero-order valence-corrected chi connectivity index (χ0v) is 29.1. The first-order valence-electron chi connectivity index (χ1n) is 17.3. The molecule has 4 aromatic rings. The third kappa shape index (κ3) is 4.95. The lowest BCUT2D eigenvalue weighted by molar-refractivity contribution is -0.138. The summed E-state index contributed by atoms with van der Waals surface area (Å²) in [5.41, 5.74) is 5.17. The van der Waals surface area contributed by atoms with E-state index < -0.39 is 52.6 Å². The smallest absolute Gasteiger partial charge is 0.260 e. The SMILES string of the molecule is CCc1ccc(N2C(=O)C3CC=C4C(CC5C(=O)N(Nc6ccc(F)cc6)C(=O)C5(c5ccc(Cl)cc5)C4c4ccc(O)c(OC)c4)C3C2=O)cc1. The summed E-state index contributed by atoms with van der Waals surface area (Å²) in [6.45, 7) is 2.03. The Morgan fingerprint density at radius 3 is 2.29 bits per heavy atom. The number of imide groups is 2. The van der Waals surface area contributed by atoms with Crippen molar-refractivity contribution in [3.63, 3.8) is 0 Å². The number of benzene rings is 4. The second-order valence-corrected chi connectivity index (χ2v) is 14.3. The summed E-state index contributed by atoms with van der Waals surface area (Å²) >= 11 is 6.36. The van der Waals surface area contributed by atoms with Gasteiger partial charge in [0.25, 0.3) is 11.8 Å². The van der Waals surface area contributed by atoms with Crippen molar-refractivity contribution in [3.8, 4) is 11.5 Å². The molecule has 0 radical (unpaired) electrons. The number of hydrogen-bond acceptors (Lipinski definition) is 7. The second-order valence-electron chi connectivity index (χ2n) is 13.8. The van der Waals surface area contributed by atoms with E-state index in [0.29, 0.717) is 27.5 Å². The number of fused-ring (bicyclic) bond motifs is 4. The lowest BCUT2D eigenvalue weighted by Crippen LogP contribution is -2.53. The molecule has 2 N–H and O–H groups in total. The molecular formula is C41H35ClFN3O6. The highest BCUT2D eigenvalue weighted by molar-refractivity contribution is 6.30. The molecule has 9 nitrogen and oxygen atoms in total. The minimum Gasteiger partial charge on any atom is -0.504 e. The molecule has 11 heteroatoms. The van der Waals surface area contributed by atoms with Crippen LogP contribution in [0.1, 0.15) is 42.4 Å². The zero-order chi connectivity index (χ0) is 36.5. The number of methoxy groups -OCH3 is 1. The van der Waals surface area contributed by atoms with Crippen LogP contribution < -0.4 is 15.1 Å². The maximum atomic E-state index is 15.2. The van der Waals surface area contributed by atoms with Gasteiger partial charge in [-0.05, 0) is 103 Å². The summed E-state index contributed by atoms with van der Waals surface area (Å²) in [7, 11) is 1.42. The number of carbonyl (C=O) groups excluding carboxylic acids is 4. The van der Waals surface area contributed by atoms with E-state index >= 15 is 4.79 Å². The van der Waals surface area contributed by atoms with Gasteiger partial charge in [-0.25, -0.2) is 4.39 Å². The Balaban J connectivity index is 1.32. The van der Waals surface area contributed by atoms with Crippen LogP contribution in [0.15, 0.2) is 103 Å². The van der Waals surface area contributed by atoms with Crippen LogP contribution in [0.4, 0.5) is 15.8 Å². The molecule has 4 amide bonds. The molecule has 4 aliphatic rings. The number of phenolic OH excluding ortho intramolecular Hbond substituents is 1. The van der Waals surface area contributed by atoms with Crippen molar-refractivity contribution in [3.05, 3.63) is 130 Å². The molecule has 2 aliphatic heterocycles. The number of phenols is 1. The van der Waals surface area contributed by atoms with Crippen molar-refractivity contribution < 1.29 is 33.4 Å². The topological polar surface area (TPSA) is 116 Å². The van der Waals surface area contributed by atoms with Crippen molar-refractivity contribution in [2.75, 3.05) is 17.4 Å². The maximum Gasteiger partial charge on any atom is 0.260 e. The second kappa shape index (κ2) is 12.6. The van der Waals surface area contributed by atoms with E-state index in [2.05, 4.69) is 5.43 Å². The fourth-order valence-corrected chi connectivity index (χ4v) is 9.17. The van der Waals surface area contributed by atoms with E-state index in [1.54, 1.807) is 48.5 Å². The molecular weight excluding hydrogens is 685 g/mol. The predicted octanol–water partition coefficient (Wildman–Crippen LogP) is 6.95. The molecule has 6 unspecified atom stereocenters. The zero-order valence-electron chi connectivity index (χ0n) is 28.4. The van der Waals surface area contributed by atoms with E-state index in [1.165, 1.54) is 42.3 Å². The molecule has 8 rings (SSSR count). The average molecular weight is 720 g/mol. The van der Waals surface area contributed by atoms with Crippen LogP contribution in [-0.4, -0.2) is 40.9 Å². The van der Waals surface area contributed by atoms with Crippen LogP contribution in [0.5, 0.6) is 11.5 Å². The lowest BCUT2D eigenvalue weighted by Gasteiger charge is -2.50. The van der Waals surface area contributed by atoms with E-state index in [4.69, 9.17) is 16.3 Å². The van der Waals surface area contributed by atoms with Crippen LogP contribution in [0.25, 0.3) is 0 Å².